The highest BCUT2D eigenvalue weighted by Crippen LogP contribution is 2.51. The Balaban J connectivity index is 1.94. The molecule has 0 radical (unpaired) electrons. The van der Waals surface area contributed by atoms with Crippen LogP contribution in [-0.2, 0) is 18.4 Å². The van der Waals surface area contributed by atoms with E-state index in [-0.39, 0.29) is 30.0 Å². The smallest absolute Gasteiger partial charge is 0.258 e. The lowest BCUT2D eigenvalue weighted by Gasteiger charge is -2.48. The van der Waals surface area contributed by atoms with Crippen LogP contribution in [0.25, 0.3) is 0 Å². The van der Waals surface area contributed by atoms with E-state index >= 15 is 0 Å². The Bertz CT molecular complexity index is 781. The Morgan fingerprint density at radius 2 is 1.24 bits per heavy atom. The second-order valence-electron chi connectivity index (χ2n) is 12.7. The summed E-state index contributed by atoms with van der Waals surface area (Å²) in [5.74, 6) is 0.789. The minimum absolute atomic E-state index is 0.116. The monoisotopic (exact) mass is 506 g/mol. The molecule has 0 spiro atoms. The largest absolute Gasteiger partial charge is 0.545 e. The second kappa shape index (κ2) is 9.99. The van der Waals surface area contributed by atoms with Gasteiger partial charge in [-0.2, -0.15) is 0 Å². The highest BCUT2D eigenvalue weighted by molar-refractivity contribution is 6.78. The minimum Gasteiger partial charge on any atom is -0.545 e. The number of hydrogen-bond acceptors (Lipinski definition) is 4. The molecule has 2 heterocycles. The van der Waals surface area contributed by atoms with Gasteiger partial charge in [-0.15, -0.1) is 0 Å². The average Bonchev–Trinajstić information content (AvgIpc) is 3.06. The van der Waals surface area contributed by atoms with Crippen molar-refractivity contribution in [3.8, 4) is 0 Å². The topological polar surface area (TPSA) is 44.8 Å². The molecule has 0 saturated heterocycles. The summed E-state index contributed by atoms with van der Waals surface area (Å²) < 4.78 is 20.6. The van der Waals surface area contributed by atoms with Crippen LogP contribution in [0.2, 0.25) is 33.2 Å². The van der Waals surface area contributed by atoms with E-state index in [1.165, 1.54) is 5.57 Å². The number of ether oxygens (including phenoxy) is 1. The van der Waals surface area contributed by atoms with Gasteiger partial charge < -0.3 is 13.6 Å². The van der Waals surface area contributed by atoms with E-state index < -0.39 is 16.6 Å². The standard InChI is InChI=1S/C28H50O4Si2/c1-16(2)33(17(3)4,18(5)6)31-25-15-24(29)27-26(14-22-13-23(25)28(27)30-22)32-34(19(7)8,20(9)10)21(11)12/h13-14,16-22,25,27-28H,15H2,1-12H3. The second-order valence-corrected chi connectivity index (χ2v) is 23.5. The van der Waals surface area contributed by atoms with Crippen molar-refractivity contribution < 1.29 is 18.4 Å². The maximum atomic E-state index is 13.7. The molecule has 0 aromatic heterocycles. The van der Waals surface area contributed by atoms with E-state index in [1.54, 1.807) is 0 Å². The van der Waals surface area contributed by atoms with Gasteiger partial charge in [0.25, 0.3) is 8.32 Å². The summed E-state index contributed by atoms with van der Waals surface area (Å²) in [7, 11) is -4.27. The first-order chi connectivity index (χ1) is 15.7. The van der Waals surface area contributed by atoms with Gasteiger partial charge in [0.1, 0.15) is 11.7 Å². The van der Waals surface area contributed by atoms with Crippen LogP contribution in [-0.4, -0.2) is 40.7 Å². The van der Waals surface area contributed by atoms with Crippen molar-refractivity contribution in [2.75, 3.05) is 0 Å². The lowest BCUT2D eigenvalue weighted by Crippen LogP contribution is -2.55. The first kappa shape index (κ1) is 27.9. The zero-order chi connectivity index (χ0) is 25.7. The molecule has 4 nitrogen and oxygen atoms in total. The zero-order valence-electron chi connectivity index (χ0n) is 23.8. The number of Topliss-reactive ketones (excluding diaryl/α,β-unsaturated/α-hetero) is 1. The first-order valence-corrected chi connectivity index (χ1v) is 18.0. The van der Waals surface area contributed by atoms with E-state index in [0.717, 1.165) is 5.76 Å². The number of ketones is 1. The molecular weight excluding hydrogens is 456 g/mol. The van der Waals surface area contributed by atoms with E-state index in [4.69, 9.17) is 13.6 Å². The Morgan fingerprint density at radius 1 is 0.765 bits per heavy atom. The van der Waals surface area contributed by atoms with Gasteiger partial charge >= 0.3 is 0 Å². The molecule has 4 unspecified atom stereocenters. The van der Waals surface area contributed by atoms with E-state index in [1.807, 2.05) is 0 Å². The van der Waals surface area contributed by atoms with Crippen molar-refractivity contribution in [1.82, 2.24) is 0 Å². The fourth-order valence-corrected chi connectivity index (χ4v) is 18.6. The van der Waals surface area contributed by atoms with Gasteiger partial charge in [0.05, 0.1) is 24.1 Å². The van der Waals surface area contributed by atoms with Gasteiger partial charge in [-0.25, -0.2) is 0 Å². The van der Waals surface area contributed by atoms with Crippen molar-refractivity contribution in [3.63, 3.8) is 0 Å². The Kier molecular flexibility index (Phi) is 8.19. The van der Waals surface area contributed by atoms with Gasteiger partial charge in [0, 0.05) is 6.42 Å². The van der Waals surface area contributed by atoms with Gasteiger partial charge in [-0.3, -0.25) is 4.79 Å². The molecule has 1 saturated carbocycles. The number of carbonyl (C=O) groups excluding carboxylic acids is 1. The summed E-state index contributed by atoms with van der Waals surface area (Å²) in [6.45, 7) is 27.6. The Morgan fingerprint density at radius 3 is 1.68 bits per heavy atom. The third kappa shape index (κ3) is 4.35. The molecule has 2 bridgehead atoms. The molecule has 2 aliphatic heterocycles. The maximum absolute atomic E-state index is 13.7. The van der Waals surface area contributed by atoms with E-state index in [9.17, 15) is 4.79 Å². The highest BCUT2D eigenvalue weighted by Gasteiger charge is 2.56. The van der Waals surface area contributed by atoms with Crippen molar-refractivity contribution in [1.29, 1.82) is 0 Å². The van der Waals surface area contributed by atoms with Gasteiger partial charge in [0.15, 0.2) is 0 Å². The molecule has 1 fully saturated rings. The van der Waals surface area contributed by atoms with E-state index in [0.29, 0.717) is 39.7 Å². The van der Waals surface area contributed by atoms with Crippen LogP contribution >= 0.6 is 0 Å². The van der Waals surface area contributed by atoms with Crippen LogP contribution < -0.4 is 0 Å². The first-order valence-electron chi connectivity index (χ1n) is 13.7. The fourth-order valence-electron chi connectivity index (χ4n) is 7.81. The Hall–Kier alpha value is -0.696. The van der Waals surface area contributed by atoms with Crippen molar-refractivity contribution >= 4 is 22.4 Å². The molecule has 6 heteroatoms. The zero-order valence-corrected chi connectivity index (χ0v) is 25.8. The predicted molar refractivity (Wildman–Crippen MR) is 146 cm³/mol. The molecule has 0 N–H and O–H groups in total. The Labute approximate surface area is 211 Å². The number of hydrogen-bond donors (Lipinski definition) is 0. The quantitative estimate of drug-likeness (QED) is 0.223. The average molecular weight is 507 g/mol. The molecule has 1 aliphatic carbocycles. The summed E-state index contributed by atoms with van der Waals surface area (Å²) in [6, 6.07) is 0. The van der Waals surface area contributed by atoms with Crippen LogP contribution in [0, 0.1) is 5.92 Å². The summed E-state index contributed by atoms with van der Waals surface area (Å²) in [5.41, 5.74) is 4.02. The summed E-state index contributed by atoms with van der Waals surface area (Å²) in [4.78, 5) is 13.7. The van der Waals surface area contributed by atoms with Crippen LogP contribution in [0.3, 0.4) is 0 Å². The third-order valence-corrected chi connectivity index (χ3v) is 21.2. The molecule has 3 rings (SSSR count). The fraction of sp³-hybridized carbons (Fsp3) is 0.821. The number of rotatable bonds is 10. The SMILES string of the molecule is CC(C)[Si](OC1=CC2C=C3C(O[Si](C(C)C)(C(C)C)C(C)C)CC(=O)C1C3O2)(C(C)C)C(C)C. The van der Waals surface area contributed by atoms with Gasteiger partial charge in [-0.05, 0) is 51.0 Å². The molecule has 3 aliphatic rings. The van der Waals surface area contributed by atoms with Crippen LogP contribution in [0.1, 0.15) is 89.5 Å². The molecule has 4 atom stereocenters. The van der Waals surface area contributed by atoms with Crippen LogP contribution in [0.15, 0.2) is 23.5 Å². The van der Waals surface area contributed by atoms with Crippen LogP contribution in [0.5, 0.6) is 0 Å². The summed E-state index contributed by atoms with van der Waals surface area (Å²) in [5, 5.41) is 0. The predicted octanol–water partition coefficient (Wildman–Crippen LogP) is 7.92. The van der Waals surface area contributed by atoms with Crippen molar-refractivity contribution in [2.45, 2.75) is 141 Å². The lowest BCUT2D eigenvalue weighted by molar-refractivity contribution is -0.132. The maximum Gasteiger partial charge on any atom is 0.258 e. The van der Waals surface area contributed by atoms with Gasteiger partial charge in [-0.1, -0.05) is 83.1 Å². The van der Waals surface area contributed by atoms with Crippen molar-refractivity contribution in [2.24, 2.45) is 5.92 Å². The van der Waals surface area contributed by atoms with E-state index in [2.05, 4.69) is 95.2 Å². The summed E-state index contributed by atoms with van der Waals surface area (Å²) >= 11 is 0. The minimum atomic E-state index is -2.16. The molecule has 0 aromatic carbocycles. The normalized spacial score (nSPS) is 27.5. The summed E-state index contributed by atoms with van der Waals surface area (Å²) in [6.07, 6.45) is 4.26. The highest BCUT2D eigenvalue weighted by atomic mass is 28.4. The molecule has 194 valence electrons. The van der Waals surface area contributed by atoms with Crippen LogP contribution in [0.4, 0.5) is 0 Å². The number of carbonyl (C=O) groups is 1. The molecule has 0 aromatic rings. The number of fused-ring (bicyclic) bond motifs is 1. The molecular formula is C28H50O4Si2. The molecule has 0 amide bonds. The lowest BCUT2D eigenvalue weighted by atomic mass is 9.80. The molecule has 34 heavy (non-hydrogen) atoms. The third-order valence-electron chi connectivity index (χ3n) is 9.09. The van der Waals surface area contributed by atoms with Crippen molar-refractivity contribution in [3.05, 3.63) is 23.5 Å². The van der Waals surface area contributed by atoms with Gasteiger partial charge in [0.2, 0.25) is 8.32 Å².